The van der Waals surface area contributed by atoms with Crippen LogP contribution in [-0.4, -0.2) is 21.5 Å². The fourth-order valence-electron chi connectivity index (χ4n) is 3.90. The lowest BCUT2D eigenvalue weighted by Crippen LogP contribution is -2.21. The van der Waals surface area contributed by atoms with Crippen LogP contribution in [0, 0.1) is 5.82 Å². The highest BCUT2D eigenvalue weighted by Crippen LogP contribution is 2.32. The van der Waals surface area contributed by atoms with Crippen LogP contribution in [-0.2, 0) is 22.9 Å². The number of fused-ring (bicyclic) bond motifs is 1. The lowest BCUT2D eigenvalue weighted by atomic mass is 9.92. The molecule has 6 heteroatoms. The molecule has 0 radical (unpaired) electrons. The van der Waals surface area contributed by atoms with Gasteiger partial charge in [-0.3, -0.25) is 4.72 Å². The molecule has 2 aromatic carbocycles. The highest BCUT2D eigenvalue weighted by molar-refractivity contribution is 7.92. The predicted octanol–water partition coefficient (Wildman–Crippen LogP) is 4.11. The van der Waals surface area contributed by atoms with Gasteiger partial charge in [-0.1, -0.05) is 6.07 Å². The molecule has 1 N–H and O–H groups in total. The quantitative estimate of drug-likeness (QED) is 0.876. The fraction of sp³-hybridized carbons (Fsp3) is 0.400. The highest BCUT2D eigenvalue weighted by Gasteiger charge is 2.22. The molecule has 2 aliphatic rings. The third-order valence-corrected chi connectivity index (χ3v) is 6.64. The van der Waals surface area contributed by atoms with Gasteiger partial charge in [0.1, 0.15) is 5.82 Å². The van der Waals surface area contributed by atoms with Crippen LogP contribution >= 0.6 is 0 Å². The maximum Gasteiger partial charge on any atom is 0.261 e. The summed E-state index contributed by atoms with van der Waals surface area (Å²) in [5.41, 5.74) is 3.40. The molecule has 0 atom stereocenters. The van der Waals surface area contributed by atoms with E-state index < -0.39 is 15.8 Å². The van der Waals surface area contributed by atoms with Crippen molar-refractivity contribution in [2.24, 2.45) is 0 Å². The molecule has 0 spiro atoms. The first kappa shape index (κ1) is 17.3. The maximum atomic E-state index is 13.8. The van der Waals surface area contributed by atoms with Crippen molar-refractivity contribution in [2.75, 3.05) is 22.7 Å². The van der Waals surface area contributed by atoms with E-state index >= 15 is 0 Å². The van der Waals surface area contributed by atoms with Crippen LogP contribution in [0.1, 0.15) is 36.8 Å². The van der Waals surface area contributed by atoms with Crippen LogP contribution in [0.4, 0.5) is 15.8 Å². The summed E-state index contributed by atoms with van der Waals surface area (Å²) in [6, 6.07) is 9.64. The molecular weight excluding hydrogens is 351 g/mol. The van der Waals surface area contributed by atoms with Crippen LogP contribution < -0.4 is 9.62 Å². The molecule has 0 aromatic heterocycles. The molecule has 1 heterocycles. The zero-order chi connectivity index (χ0) is 18.1. The third-order valence-electron chi connectivity index (χ3n) is 5.28. The van der Waals surface area contributed by atoms with Gasteiger partial charge in [0.15, 0.2) is 0 Å². The van der Waals surface area contributed by atoms with Crippen molar-refractivity contribution in [1.29, 1.82) is 0 Å². The van der Waals surface area contributed by atoms with E-state index in [0.717, 1.165) is 62.9 Å². The van der Waals surface area contributed by atoms with Gasteiger partial charge in [-0.15, -0.1) is 0 Å². The number of aryl methyl sites for hydroxylation is 2. The molecule has 26 heavy (non-hydrogen) atoms. The summed E-state index contributed by atoms with van der Waals surface area (Å²) >= 11 is 0. The zero-order valence-corrected chi connectivity index (χ0v) is 15.5. The Balaban J connectivity index is 1.67. The van der Waals surface area contributed by atoms with Crippen molar-refractivity contribution in [3.63, 3.8) is 0 Å². The van der Waals surface area contributed by atoms with Crippen LogP contribution in [0.3, 0.4) is 0 Å². The molecule has 4 nitrogen and oxygen atoms in total. The van der Waals surface area contributed by atoms with E-state index in [1.54, 1.807) is 18.2 Å². The number of halogens is 1. The van der Waals surface area contributed by atoms with Gasteiger partial charge in [0, 0.05) is 19.2 Å². The van der Waals surface area contributed by atoms with E-state index in [4.69, 9.17) is 0 Å². The average molecular weight is 374 g/mol. The van der Waals surface area contributed by atoms with Gasteiger partial charge in [-0.05, 0) is 73.9 Å². The summed E-state index contributed by atoms with van der Waals surface area (Å²) in [5.74, 6) is -0.448. The second kappa shape index (κ2) is 6.91. The van der Waals surface area contributed by atoms with E-state index in [0.29, 0.717) is 5.69 Å². The zero-order valence-electron chi connectivity index (χ0n) is 14.7. The Morgan fingerprint density at radius 2 is 1.62 bits per heavy atom. The molecule has 0 saturated carbocycles. The number of anilines is 2. The standard InChI is InChI=1S/C20H23FN2O2S/c21-17-8-10-20(23-11-3-4-12-23)19(14-17)22-26(24,25)18-9-7-15-5-1-2-6-16(15)13-18/h7-10,13-14,22H,1-6,11-12H2. The summed E-state index contributed by atoms with van der Waals surface area (Å²) in [7, 11) is -3.76. The molecule has 0 bridgehead atoms. The maximum absolute atomic E-state index is 13.8. The molecule has 0 amide bonds. The summed E-state index contributed by atoms with van der Waals surface area (Å²) in [6.07, 6.45) is 6.29. The number of benzene rings is 2. The molecule has 1 fully saturated rings. The summed E-state index contributed by atoms with van der Waals surface area (Å²) in [6.45, 7) is 1.72. The number of nitrogens with zero attached hydrogens (tertiary/aromatic N) is 1. The monoisotopic (exact) mass is 374 g/mol. The molecule has 4 rings (SSSR count). The minimum absolute atomic E-state index is 0.245. The summed E-state index contributed by atoms with van der Waals surface area (Å²) in [4.78, 5) is 2.35. The Morgan fingerprint density at radius 1 is 0.885 bits per heavy atom. The number of hydrogen-bond acceptors (Lipinski definition) is 3. The Labute approximate surface area is 154 Å². The van der Waals surface area contributed by atoms with Crippen molar-refractivity contribution in [1.82, 2.24) is 0 Å². The van der Waals surface area contributed by atoms with E-state index in [1.165, 1.54) is 17.7 Å². The number of rotatable bonds is 4. The second-order valence-corrected chi connectivity index (χ2v) is 8.78. The minimum Gasteiger partial charge on any atom is -0.370 e. The van der Waals surface area contributed by atoms with E-state index in [9.17, 15) is 12.8 Å². The van der Waals surface area contributed by atoms with Crippen LogP contribution in [0.25, 0.3) is 0 Å². The Kier molecular flexibility index (Phi) is 4.61. The lowest BCUT2D eigenvalue weighted by Gasteiger charge is -2.22. The van der Waals surface area contributed by atoms with Gasteiger partial charge in [-0.25, -0.2) is 12.8 Å². The van der Waals surface area contributed by atoms with Crippen LogP contribution in [0.15, 0.2) is 41.3 Å². The Bertz CT molecular complexity index is 921. The van der Waals surface area contributed by atoms with Crippen LogP contribution in [0.2, 0.25) is 0 Å². The molecule has 0 unspecified atom stereocenters. The fourth-order valence-corrected chi connectivity index (χ4v) is 5.02. The smallest absolute Gasteiger partial charge is 0.261 e. The van der Waals surface area contributed by atoms with E-state index in [-0.39, 0.29) is 4.90 Å². The van der Waals surface area contributed by atoms with Gasteiger partial charge < -0.3 is 4.90 Å². The van der Waals surface area contributed by atoms with Crippen molar-refractivity contribution in [3.8, 4) is 0 Å². The first-order valence-electron chi connectivity index (χ1n) is 9.22. The largest absolute Gasteiger partial charge is 0.370 e. The van der Waals surface area contributed by atoms with Gasteiger partial charge >= 0.3 is 0 Å². The van der Waals surface area contributed by atoms with E-state index in [2.05, 4.69) is 9.62 Å². The molecule has 2 aromatic rings. The number of nitrogens with one attached hydrogen (secondary N) is 1. The Hall–Kier alpha value is -2.08. The first-order chi connectivity index (χ1) is 12.5. The first-order valence-corrected chi connectivity index (χ1v) is 10.7. The van der Waals surface area contributed by atoms with Crippen molar-refractivity contribution in [2.45, 2.75) is 43.4 Å². The van der Waals surface area contributed by atoms with Gasteiger partial charge in [-0.2, -0.15) is 0 Å². The van der Waals surface area contributed by atoms with E-state index in [1.807, 2.05) is 6.07 Å². The van der Waals surface area contributed by atoms with Crippen LogP contribution in [0.5, 0.6) is 0 Å². The molecule has 138 valence electrons. The molecule has 1 saturated heterocycles. The van der Waals surface area contributed by atoms with Crippen molar-refractivity contribution in [3.05, 3.63) is 53.3 Å². The Morgan fingerprint density at radius 3 is 2.38 bits per heavy atom. The van der Waals surface area contributed by atoms with Crippen molar-refractivity contribution >= 4 is 21.4 Å². The number of hydrogen-bond donors (Lipinski definition) is 1. The second-order valence-electron chi connectivity index (χ2n) is 7.10. The highest BCUT2D eigenvalue weighted by atomic mass is 32.2. The third kappa shape index (κ3) is 3.43. The topological polar surface area (TPSA) is 49.4 Å². The minimum atomic E-state index is -3.76. The molecular formula is C20H23FN2O2S. The van der Waals surface area contributed by atoms with Gasteiger partial charge in [0.05, 0.1) is 16.3 Å². The average Bonchev–Trinajstić information content (AvgIpc) is 3.15. The SMILES string of the molecule is O=S(=O)(Nc1cc(F)ccc1N1CCCC1)c1ccc2c(c1)CCCC2. The predicted molar refractivity (Wildman–Crippen MR) is 102 cm³/mol. The normalized spacial score (nSPS) is 17.2. The summed E-state index contributed by atoms with van der Waals surface area (Å²) in [5, 5.41) is 0. The van der Waals surface area contributed by atoms with Crippen molar-refractivity contribution < 1.29 is 12.8 Å². The van der Waals surface area contributed by atoms with Gasteiger partial charge in [0.2, 0.25) is 0 Å². The molecule has 1 aliphatic heterocycles. The lowest BCUT2D eigenvalue weighted by molar-refractivity contribution is 0.600. The van der Waals surface area contributed by atoms with Gasteiger partial charge in [0.25, 0.3) is 10.0 Å². The number of sulfonamides is 1. The molecule has 1 aliphatic carbocycles. The summed E-state index contributed by atoms with van der Waals surface area (Å²) < 4.78 is 42.2.